The number of nitrogens with zero attached hydrogens (tertiary/aromatic N) is 1. The van der Waals surface area contributed by atoms with Crippen molar-refractivity contribution in [2.24, 2.45) is 5.16 Å². The van der Waals surface area contributed by atoms with Crippen molar-refractivity contribution in [2.75, 3.05) is 13.7 Å². The SMILES string of the molecule is COC(=O)C(C)(O/N=C/COCc1ccccc1/C(=C\C(F)(F)F)C(=O)O)c1ccccc1. The summed E-state index contributed by atoms with van der Waals surface area (Å²) in [6.45, 7) is 1.19. The Morgan fingerprint density at radius 3 is 2.30 bits per heavy atom. The summed E-state index contributed by atoms with van der Waals surface area (Å²) < 4.78 is 48.4. The molecule has 0 aliphatic heterocycles. The summed E-state index contributed by atoms with van der Waals surface area (Å²) in [6, 6.07) is 14.3. The van der Waals surface area contributed by atoms with Crippen molar-refractivity contribution in [3.05, 3.63) is 77.4 Å². The molecule has 0 fully saturated rings. The monoisotopic (exact) mass is 465 g/mol. The van der Waals surface area contributed by atoms with Crippen LogP contribution in [0, 0.1) is 0 Å². The van der Waals surface area contributed by atoms with Crippen molar-refractivity contribution in [1.82, 2.24) is 0 Å². The van der Waals surface area contributed by atoms with Crippen LogP contribution >= 0.6 is 0 Å². The van der Waals surface area contributed by atoms with Gasteiger partial charge in [-0.1, -0.05) is 59.8 Å². The fraction of sp³-hybridized carbons (Fsp3) is 0.261. The quantitative estimate of drug-likeness (QED) is 0.185. The molecule has 0 spiro atoms. The number of alkyl halides is 3. The van der Waals surface area contributed by atoms with Crippen molar-refractivity contribution in [3.63, 3.8) is 0 Å². The first kappa shape index (κ1) is 25.6. The van der Waals surface area contributed by atoms with E-state index in [9.17, 15) is 27.9 Å². The first-order chi connectivity index (χ1) is 15.6. The average Bonchev–Trinajstić information content (AvgIpc) is 2.79. The molecule has 0 saturated carbocycles. The van der Waals surface area contributed by atoms with Gasteiger partial charge in [-0.25, -0.2) is 9.59 Å². The van der Waals surface area contributed by atoms with Crippen LogP contribution in [0.4, 0.5) is 13.2 Å². The maximum absolute atomic E-state index is 12.7. The van der Waals surface area contributed by atoms with Gasteiger partial charge in [0.25, 0.3) is 5.60 Å². The first-order valence-electron chi connectivity index (χ1n) is 9.61. The van der Waals surface area contributed by atoms with Crippen LogP contribution in [0.3, 0.4) is 0 Å². The third kappa shape index (κ3) is 7.18. The lowest BCUT2D eigenvalue weighted by Gasteiger charge is -2.24. The highest BCUT2D eigenvalue weighted by Crippen LogP contribution is 2.28. The summed E-state index contributed by atoms with van der Waals surface area (Å²) in [5.41, 5.74) is -1.75. The van der Waals surface area contributed by atoms with Crippen molar-refractivity contribution in [2.45, 2.75) is 25.3 Å². The largest absolute Gasteiger partial charge is 0.478 e. The van der Waals surface area contributed by atoms with Gasteiger partial charge >= 0.3 is 18.1 Å². The summed E-state index contributed by atoms with van der Waals surface area (Å²) in [5.74, 6) is -2.38. The number of esters is 1. The smallest absolute Gasteiger partial charge is 0.410 e. The Balaban J connectivity index is 2.06. The number of allylic oxidation sites excluding steroid dienone is 1. The van der Waals surface area contributed by atoms with E-state index in [-0.39, 0.29) is 30.4 Å². The molecule has 0 radical (unpaired) electrons. The number of carbonyl (C=O) groups excluding carboxylic acids is 1. The molecular formula is C23H22F3NO6. The lowest BCUT2D eigenvalue weighted by Crippen LogP contribution is -2.35. The highest BCUT2D eigenvalue weighted by molar-refractivity contribution is 6.16. The molecule has 0 aromatic heterocycles. The Hall–Kier alpha value is -3.66. The number of ether oxygens (including phenoxy) is 2. The molecule has 176 valence electrons. The van der Waals surface area contributed by atoms with Gasteiger partial charge in [0.1, 0.15) is 0 Å². The van der Waals surface area contributed by atoms with Gasteiger partial charge in [-0.2, -0.15) is 13.2 Å². The molecule has 10 heteroatoms. The lowest BCUT2D eigenvalue weighted by atomic mass is 9.96. The second-order valence-corrected chi connectivity index (χ2v) is 6.85. The predicted octanol–water partition coefficient (Wildman–Crippen LogP) is 4.32. The number of aliphatic carboxylic acids is 1. The molecule has 33 heavy (non-hydrogen) atoms. The number of halogens is 3. The van der Waals surface area contributed by atoms with Gasteiger partial charge in [0, 0.05) is 11.6 Å². The van der Waals surface area contributed by atoms with E-state index in [0.29, 0.717) is 5.56 Å². The second kappa shape index (κ2) is 11.3. The van der Waals surface area contributed by atoms with E-state index in [0.717, 1.165) is 0 Å². The molecule has 2 rings (SSSR count). The van der Waals surface area contributed by atoms with Crippen LogP contribution in [0.5, 0.6) is 0 Å². The number of rotatable bonds is 10. The molecule has 0 aliphatic rings. The molecule has 7 nitrogen and oxygen atoms in total. The average molecular weight is 465 g/mol. The molecule has 0 saturated heterocycles. The number of hydrogen-bond donors (Lipinski definition) is 1. The topological polar surface area (TPSA) is 94.4 Å². The van der Waals surface area contributed by atoms with Gasteiger partial charge < -0.3 is 19.4 Å². The van der Waals surface area contributed by atoms with Crippen molar-refractivity contribution < 1.29 is 42.2 Å². The van der Waals surface area contributed by atoms with Crippen LogP contribution in [0.2, 0.25) is 0 Å². The van der Waals surface area contributed by atoms with Crippen LogP contribution < -0.4 is 0 Å². The van der Waals surface area contributed by atoms with Crippen molar-refractivity contribution in [1.29, 1.82) is 0 Å². The minimum atomic E-state index is -4.79. The summed E-state index contributed by atoms with van der Waals surface area (Å²) in [4.78, 5) is 28.9. The maximum Gasteiger partial charge on any atom is 0.410 e. The number of carboxylic acid groups (broad SMARTS) is 1. The number of benzene rings is 2. The van der Waals surface area contributed by atoms with E-state index in [1.807, 2.05) is 0 Å². The lowest BCUT2D eigenvalue weighted by molar-refractivity contribution is -0.169. The Bertz CT molecular complexity index is 1020. The van der Waals surface area contributed by atoms with Crippen molar-refractivity contribution in [3.8, 4) is 0 Å². The third-order valence-corrected chi connectivity index (χ3v) is 4.51. The van der Waals surface area contributed by atoms with Crippen molar-refractivity contribution >= 4 is 23.7 Å². The molecule has 1 unspecified atom stereocenters. The Morgan fingerprint density at radius 2 is 1.70 bits per heavy atom. The Kier molecular flexibility index (Phi) is 8.75. The molecule has 1 N–H and O–H groups in total. The van der Waals surface area contributed by atoms with Crippen LogP contribution in [0.1, 0.15) is 23.6 Å². The zero-order chi connectivity index (χ0) is 24.5. The highest BCUT2D eigenvalue weighted by atomic mass is 19.4. The van der Waals surface area contributed by atoms with Crippen LogP contribution in [-0.4, -0.2) is 43.2 Å². The van der Waals surface area contributed by atoms with Gasteiger partial charge in [0.05, 0.1) is 32.1 Å². The summed E-state index contributed by atoms with van der Waals surface area (Å²) in [6.07, 6.45) is -3.84. The van der Waals surface area contributed by atoms with E-state index >= 15 is 0 Å². The van der Waals surface area contributed by atoms with Crippen LogP contribution in [-0.2, 0) is 36.1 Å². The number of oxime groups is 1. The fourth-order valence-corrected chi connectivity index (χ4v) is 2.88. The molecule has 0 amide bonds. The van der Waals surface area contributed by atoms with Gasteiger partial charge in [0.2, 0.25) is 0 Å². The zero-order valence-corrected chi connectivity index (χ0v) is 17.8. The number of carboxylic acids is 1. The van der Waals surface area contributed by atoms with E-state index in [1.165, 1.54) is 38.4 Å². The summed E-state index contributed by atoms with van der Waals surface area (Å²) >= 11 is 0. The minimum Gasteiger partial charge on any atom is -0.478 e. The molecule has 0 aliphatic carbocycles. The first-order valence-corrected chi connectivity index (χ1v) is 9.61. The van der Waals surface area contributed by atoms with Gasteiger partial charge in [-0.3, -0.25) is 0 Å². The number of hydrogen-bond acceptors (Lipinski definition) is 6. The van der Waals surface area contributed by atoms with E-state index < -0.39 is 29.3 Å². The van der Waals surface area contributed by atoms with E-state index in [4.69, 9.17) is 14.3 Å². The molecule has 0 bridgehead atoms. The minimum absolute atomic E-state index is 0.113. The number of carbonyl (C=O) groups is 2. The fourth-order valence-electron chi connectivity index (χ4n) is 2.88. The molecule has 1 atom stereocenters. The molecule has 2 aromatic rings. The molecule has 2 aromatic carbocycles. The maximum atomic E-state index is 12.7. The second-order valence-electron chi connectivity index (χ2n) is 6.85. The van der Waals surface area contributed by atoms with E-state index in [2.05, 4.69) is 5.16 Å². The molecule has 0 heterocycles. The normalized spacial score (nSPS) is 14.0. The highest BCUT2D eigenvalue weighted by Gasteiger charge is 2.39. The van der Waals surface area contributed by atoms with Gasteiger partial charge in [0.15, 0.2) is 0 Å². The molecular weight excluding hydrogens is 443 g/mol. The van der Waals surface area contributed by atoms with Crippen LogP contribution in [0.15, 0.2) is 65.8 Å². The van der Waals surface area contributed by atoms with Gasteiger partial charge in [-0.15, -0.1) is 0 Å². The van der Waals surface area contributed by atoms with E-state index in [1.54, 1.807) is 36.4 Å². The Morgan fingerprint density at radius 1 is 1.06 bits per heavy atom. The number of methoxy groups -OCH3 is 1. The van der Waals surface area contributed by atoms with Gasteiger partial charge in [-0.05, 0) is 18.1 Å². The predicted molar refractivity (Wildman–Crippen MR) is 113 cm³/mol. The zero-order valence-electron chi connectivity index (χ0n) is 17.8. The summed E-state index contributed by atoms with van der Waals surface area (Å²) in [5, 5.41) is 13.0. The Labute approximate surface area is 188 Å². The summed E-state index contributed by atoms with van der Waals surface area (Å²) in [7, 11) is 1.22. The standard InChI is InChI=1S/C23H22F3NO6/c1-22(21(30)31-2,17-9-4-3-5-10-17)33-27-12-13-32-15-16-8-6-7-11-18(16)19(20(28)29)14-23(24,25)26/h3-12,14H,13,15H2,1-2H3,(H,28,29)/b19-14+,27-12+. The third-order valence-electron chi connectivity index (χ3n) is 4.51. The van der Waals surface area contributed by atoms with Crippen LogP contribution in [0.25, 0.3) is 5.57 Å².